The lowest BCUT2D eigenvalue weighted by Crippen LogP contribution is -2.36. The van der Waals surface area contributed by atoms with Crippen molar-refractivity contribution in [3.8, 4) is 0 Å². The van der Waals surface area contributed by atoms with E-state index in [0.29, 0.717) is 6.61 Å². The van der Waals surface area contributed by atoms with Gasteiger partial charge in [-0.2, -0.15) is 0 Å². The van der Waals surface area contributed by atoms with E-state index >= 15 is 0 Å². The van der Waals surface area contributed by atoms with Gasteiger partial charge in [0.25, 0.3) is 0 Å². The number of hydrogen-bond donors (Lipinski definition) is 1. The number of aliphatic hydroxyl groups excluding tert-OH is 1. The molecule has 1 aliphatic rings. The van der Waals surface area contributed by atoms with Crippen LogP contribution in [0.5, 0.6) is 0 Å². The number of benzene rings is 1. The molecule has 1 aliphatic heterocycles. The van der Waals surface area contributed by atoms with Gasteiger partial charge >= 0.3 is 0 Å². The number of likely N-dealkylation sites (tertiary alicyclic amines) is 1. The number of halogens is 1. The van der Waals surface area contributed by atoms with Gasteiger partial charge in [-0.05, 0) is 63.2 Å². The zero-order chi connectivity index (χ0) is 17.5. The van der Waals surface area contributed by atoms with E-state index in [4.69, 9.17) is 9.90 Å². The molecule has 0 spiro atoms. The van der Waals surface area contributed by atoms with Gasteiger partial charge in [0.05, 0.1) is 0 Å². The van der Waals surface area contributed by atoms with Gasteiger partial charge in [-0.15, -0.1) is 0 Å². The first-order chi connectivity index (χ1) is 11.2. The number of carbonyl (C=O) groups is 1. The molecule has 1 saturated heterocycles. The van der Waals surface area contributed by atoms with Crippen molar-refractivity contribution in [3.05, 3.63) is 34.3 Å². The van der Waals surface area contributed by atoms with Gasteiger partial charge in [0.15, 0.2) is 0 Å². The number of carbonyl (C=O) groups excluding carboxylic acids is 1. The summed E-state index contributed by atoms with van der Waals surface area (Å²) in [5, 5.41) is 8.86. The highest BCUT2D eigenvalue weighted by Gasteiger charge is 2.18. The Kier molecular flexibility index (Phi) is 14.4. The van der Waals surface area contributed by atoms with Crippen LogP contribution in [0.4, 0.5) is 0 Å². The van der Waals surface area contributed by atoms with Crippen molar-refractivity contribution in [2.24, 2.45) is 5.92 Å². The maximum absolute atomic E-state index is 8.86. The molecule has 1 atom stereocenters. The number of hydrogen-bond acceptors (Lipinski definition) is 3. The molecule has 1 fully saturated rings. The average molecular weight is 386 g/mol. The number of aryl methyl sites for hydroxylation is 1. The molecule has 1 unspecified atom stereocenters. The Labute approximate surface area is 150 Å². The van der Waals surface area contributed by atoms with E-state index in [-0.39, 0.29) is 0 Å². The Morgan fingerprint density at radius 3 is 2.57 bits per heavy atom. The molecule has 0 amide bonds. The SMILES string of the molecule is C=O.CCCCN1CCCC(CCO)C1.Cc1ccccc1Br. The van der Waals surface area contributed by atoms with Crippen LogP contribution < -0.4 is 0 Å². The van der Waals surface area contributed by atoms with E-state index in [1.54, 1.807) is 0 Å². The summed E-state index contributed by atoms with van der Waals surface area (Å²) in [6, 6.07) is 8.15. The van der Waals surface area contributed by atoms with Crippen LogP contribution in [-0.2, 0) is 4.79 Å². The largest absolute Gasteiger partial charge is 0.396 e. The minimum absolute atomic E-state index is 0.367. The molecule has 1 N–H and O–H groups in total. The molecule has 0 aromatic heterocycles. The lowest BCUT2D eigenvalue weighted by Gasteiger charge is -2.32. The maximum atomic E-state index is 8.86. The number of aliphatic hydroxyl groups is 1. The molecule has 0 radical (unpaired) electrons. The van der Waals surface area contributed by atoms with Crippen molar-refractivity contribution >= 4 is 22.7 Å². The molecule has 2 rings (SSSR count). The molecule has 0 aliphatic carbocycles. The zero-order valence-electron chi connectivity index (χ0n) is 14.6. The third kappa shape index (κ3) is 10.6. The van der Waals surface area contributed by atoms with Crippen LogP contribution in [0, 0.1) is 12.8 Å². The van der Waals surface area contributed by atoms with E-state index in [2.05, 4.69) is 40.7 Å². The molecule has 23 heavy (non-hydrogen) atoms. The number of nitrogens with zero attached hydrogens (tertiary/aromatic N) is 1. The summed E-state index contributed by atoms with van der Waals surface area (Å²) in [5.41, 5.74) is 1.28. The molecule has 1 heterocycles. The fourth-order valence-corrected chi connectivity index (χ4v) is 2.99. The van der Waals surface area contributed by atoms with E-state index < -0.39 is 0 Å². The Morgan fingerprint density at radius 2 is 2.04 bits per heavy atom. The highest BCUT2D eigenvalue weighted by molar-refractivity contribution is 9.10. The van der Waals surface area contributed by atoms with Crippen molar-refractivity contribution in [2.75, 3.05) is 26.2 Å². The monoisotopic (exact) mass is 385 g/mol. The third-order valence-electron chi connectivity index (χ3n) is 4.04. The van der Waals surface area contributed by atoms with Crippen LogP contribution in [0.1, 0.15) is 44.6 Å². The lowest BCUT2D eigenvalue weighted by atomic mass is 9.95. The van der Waals surface area contributed by atoms with E-state index in [1.807, 2.05) is 25.0 Å². The van der Waals surface area contributed by atoms with Crippen LogP contribution >= 0.6 is 15.9 Å². The second-order valence-electron chi connectivity index (χ2n) is 5.92. The smallest absolute Gasteiger partial charge is 0.106 e. The molecule has 132 valence electrons. The minimum Gasteiger partial charge on any atom is -0.396 e. The van der Waals surface area contributed by atoms with Crippen LogP contribution in [0.2, 0.25) is 0 Å². The fraction of sp³-hybridized carbons (Fsp3) is 0.632. The number of unbranched alkanes of at least 4 members (excludes halogenated alkanes) is 1. The third-order valence-corrected chi connectivity index (χ3v) is 4.93. The van der Waals surface area contributed by atoms with Gasteiger partial charge in [-0.1, -0.05) is 47.5 Å². The van der Waals surface area contributed by atoms with Crippen LogP contribution in [-0.4, -0.2) is 43.0 Å². The molecule has 1 aromatic carbocycles. The fourth-order valence-electron chi connectivity index (χ4n) is 2.71. The quantitative estimate of drug-likeness (QED) is 0.813. The summed E-state index contributed by atoms with van der Waals surface area (Å²) in [6.07, 6.45) is 6.27. The average Bonchev–Trinajstić information content (AvgIpc) is 2.59. The van der Waals surface area contributed by atoms with Gasteiger partial charge < -0.3 is 14.8 Å². The first-order valence-electron chi connectivity index (χ1n) is 8.50. The van der Waals surface area contributed by atoms with Crippen molar-refractivity contribution in [1.82, 2.24) is 4.90 Å². The second-order valence-corrected chi connectivity index (χ2v) is 6.78. The summed E-state index contributed by atoms with van der Waals surface area (Å²) < 4.78 is 1.18. The van der Waals surface area contributed by atoms with Gasteiger partial charge in [0.2, 0.25) is 0 Å². The first-order valence-corrected chi connectivity index (χ1v) is 9.29. The standard InChI is InChI=1S/C11H23NO.C7H7Br.CH2O/c1-2-3-7-12-8-4-5-11(10-12)6-9-13;1-6-4-2-3-5-7(6)8;1-2/h11,13H,2-10H2,1H3;2-5H,1H3;1H2. The summed E-state index contributed by atoms with van der Waals surface area (Å²) in [6.45, 7) is 10.5. The summed E-state index contributed by atoms with van der Waals surface area (Å²) in [5.74, 6) is 0.760. The van der Waals surface area contributed by atoms with Crippen LogP contribution in [0.15, 0.2) is 28.7 Å². The van der Waals surface area contributed by atoms with Gasteiger partial charge in [0.1, 0.15) is 6.79 Å². The Morgan fingerprint density at radius 1 is 1.35 bits per heavy atom. The van der Waals surface area contributed by atoms with Crippen LogP contribution in [0.3, 0.4) is 0 Å². The number of rotatable bonds is 5. The molecule has 3 nitrogen and oxygen atoms in total. The Balaban J connectivity index is 0.000000414. The predicted octanol–water partition coefficient (Wildman–Crippen LogP) is 4.45. The van der Waals surface area contributed by atoms with Crippen molar-refractivity contribution in [1.29, 1.82) is 0 Å². The summed E-state index contributed by atoms with van der Waals surface area (Å²) >= 11 is 3.40. The highest BCUT2D eigenvalue weighted by atomic mass is 79.9. The topological polar surface area (TPSA) is 40.5 Å². The molecule has 0 saturated carbocycles. The Bertz CT molecular complexity index is 378. The Hall–Kier alpha value is -0.710. The zero-order valence-corrected chi connectivity index (χ0v) is 16.2. The highest BCUT2D eigenvalue weighted by Crippen LogP contribution is 2.19. The number of piperidine rings is 1. The lowest BCUT2D eigenvalue weighted by molar-refractivity contribution is -0.0979. The maximum Gasteiger partial charge on any atom is 0.106 e. The summed E-state index contributed by atoms with van der Waals surface area (Å²) in [4.78, 5) is 10.6. The van der Waals surface area contributed by atoms with Gasteiger partial charge in [-0.3, -0.25) is 0 Å². The van der Waals surface area contributed by atoms with E-state index in [1.165, 1.54) is 55.4 Å². The van der Waals surface area contributed by atoms with Crippen molar-refractivity contribution in [3.63, 3.8) is 0 Å². The van der Waals surface area contributed by atoms with E-state index in [9.17, 15) is 0 Å². The minimum atomic E-state index is 0.367. The molecule has 1 aromatic rings. The normalized spacial score (nSPS) is 17.5. The van der Waals surface area contributed by atoms with E-state index in [0.717, 1.165) is 12.3 Å². The molecule has 4 heteroatoms. The van der Waals surface area contributed by atoms with Crippen molar-refractivity contribution < 1.29 is 9.90 Å². The predicted molar refractivity (Wildman–Crippen MR) is 102 cm³/mol. The summed E-state index contributed by atoms with van der Waals surface area (Å²) in [7, 11) is 0. The molecular weight excluding hydrogens is 354 g/mol. The molecular formula is C19H32BrNO2. The van der Waals surface area contributed by atoms with Gasteiger partial charge in [0, 0.05) is 17.6 Å². The second kappa shape index (κ2) is 14.9. The van der Waals surface area contributed by atoms with Crippen LogP contribution in [0.25, 0.3) is 0 Å². The van der Waals surface area contributed by atoms with Gasteiger partial charge in [-0.25, -0.2) is 0 Å². The van der Waals surface area contributed by atoms with Crippen molar-refractivity contribution in [2.45, 2.75) is 46.0 Å². The first kappa shape index (κ1) is 22.3. The molecule has 0 bridgehead atoms.